The van der Waals surface area contributed by atoms with Crippen LogP contribution in [0.25, 0.3) is 0 Å². The van der Waals surface area contributed by atoms with Crippen LogP contribution in [0.5, 0.6) is 0 Å². The fourth-order valence-corrected chi connectivity index (χ4v) is 3.26. The molecule has 0 saturated carbocycles. The Hall–Kier alpha value is -2.09. The molecular weight excluding hydrogens is 330 g/mol. The van der Waals surface area contributed by atoms with Crippen LogP contribution in [0, 0.1) is 0 Å². The minimum absolute atomic E-state index is 0.0770. The number of sulfonamides is 1. The van der Waals surface area contributed by atoms with E-state index in [1.165, 1.54) is 11.2 Å². The molecule has 0 aromatic heterocycles. The van der Waals surface area contributed by atoms with Crippen molar-refractivity contribution in [1.82, 2.24) is 4.90 Å². The van der Waals surface area contributed by atoms with Gasteiger partial charge in [-0.3, -0.25) is 13.9 Å². The van der Waals surface area contributed by atoms with Gasteiger partial charge in [-0.05, 0) is 38.1 Å². The number of hydrogen-bond donors (Lipinski definition) is 1. The zero-order valence-electron chi connectivity index (χ0n) is 14.6. The first-order chi connectivity index (χ1) is 11.2. The maximum Gasteiger partial charge on any atom is 0.232 e. The maximum atomic E-state index is 12.1. The van der Waals surface area contributed by atoms with Gasteiger partial charge in [-0.15, -0.1) is 0 Å². The van der Waals surface area contributed by atoms with Crippen molar-refractivity contribution in [3.8, 4) is 0 Å². The van der Waals surface area contributed by atoms with Gasteiger partial charge in [0.1, 0.15) is 0 Å². The Morgan fingerprint density at radius 3 is 2.04 bits per heavy atom. The van der Waals surface area contributed by atoms with Crippen LogP contribution in [-0.4, -0.2) is 51.0 Å². The third kappa shape index (κ3) is 5.84. The first-order valence-corrected chi connectivity index (χ1v) is 9.67. The summed E-state index contributed by atoms with van der Waals surface area (Å²) >= 11 is 0. The minimum atomic E-state index is -3.51. The Morgan fingerprint density at radius 2 is 1.62 bits per heavy atom. The number of carbonyl (C=O) groups excluding carboxylic acids is 2. The van der Waals surface area contributed by atoms with Crippen LogP contribution in [-0.2, 0) is 19.6 Å². The van der Waals surface area contributed by atoms with Crippen LogP contribution in [0.4, 0.5) is 11.4 Å². The van der Waals surface area contributed by atoms with Crippen molar-refractivity contribution >= 4 is 33.2 Å². The Bertz CT molecular complexity index is 667. The SMILES string of the molecule is CCN(CC)C(=O)CCN(c1ccc(NC(C)=O)cc1)S(C)(=O)=O. The van der Waals surface area contributed by atoms with Crippen LogP contribution in [0.15, 0.2) is 24.3 Å². The second-order valence-electron chi connectivity index (χ2n) is 5.38. The molecule has 0 aliphatic heterocycles. The number of rotatable bonds is 8. The summed E-state index contributed by atoms with van der Waals surface area (Å²) in [5.74, 6) is -0.281. The summed E-state index contributed by atoms with van der Waals surface area (Å²) in [5, 5.41) is 2.62. The summed E-state index contributed by atoms with van der Waals surface area (Å²) in [5.41, 5.74) is 1.04. The van der Waals surface area contributed by atoms with Crippen molar-refractivity contribution in [3.05, 3.63) is 24.3 Å². The molecule has 0 aliphatic rings. The van der Waals surface area contributed by atoms with Crippen LogP contribution in [0.2, 0.25) is 0 Å². The highest BCUT2D eigenvalue weighted by atomic mass is 32.2. The van der Waals surface area contributed by atoms with Gasteiger partial charge >= 0.3 is 0 Å². The Kier molecular flexibility index (Phi) is 7.21. The van der Waals surface area contributed by atoms with Crippen molar-refractivity contribution in [2.75, 3.05) is 35.5 Å². The highest BCUT2D eigenvalue weighted by Gasteiger charge is 2.20. The van der Waals surface area contributed by atoms with E-state index in [0.717, 1.165) is 6.26 Å². The van der Waals surface area contributed by atoms with Crippen LogP contribution < -0.4 is 9.62 Å². The molecule has 0 fully saturated rings. The lowest BCUT2D eigenvalue weighted by Crippen LogP contribution is -2.36. The van der Waals surface area contributed by atoms with Gasteiger partial charge in [0, 0.05) is 38.7 Å². The molecule has 24 heavy (non-hydrogen) atoms. The predicted molar refractivity (Wildman–Crippen MR) is 95.5 cm³/mol. The molecule has 7 nitrogen and oxygen atoms in total. The van der Waals surface area contributed by atoms with E-state index in [9.17, 15) is 18.0 Å². The summed E-state index contributed by atoms with van der Waals surface area (Å²) in [4.78, 5) is 24.8. The van der Waals surface area contributed by atoms with Gasteiger partial charge in [-0.2, -0.15) is 0 Å². The van der Waals surface area contributed by atoms with Gasteiger partial charge in [0.15, 0.2) is 0 Å². The van der Waals surface area contributed by atoms with Crippen molar-refractivity contribution in [1.29, 1.82) is 0 Å². The van der Waals surface area contributed by atoms with E-state index in [4.69, 9.17) is 0 Å². The minimum Gasteiger partial charge on any atom is -0.343 e. The van der Waals surface area contributed by atoms with Gasteiger partial charge in [0.05, 0.1) is 11.9 Å². The number of anilines is 2. The summed E-state index contributed by atoms with van der Waals surface area (Å²) in [7, 11) is -3.51. The molecule has 0 aliphatic carbocycles. The number of nitrogens with zero attached hydrogens (tertiary/aromatic N) is 2. The van der Waals surface area contributed by atoms with Gasteiger partial charge in [0.2, 0.25) is 21.8 Å². The van der Waals surface area contributed by atoms with E-state index in [1.807, 2.05) is 13.8 Å². The average molecular weight is 355 g/mol. The largest absolute Gasteiger partial charge is 0.343 e. The molecular formula is C16H25N3O4S. The van der Waals surface area contributed by atoms with Gasteiger partial charge in [-0.1, -0.05) is 0 Å². The molecule has 134 valence electrons. The molecule has 0 atom stereocenters. The second-order valence-corrected chi connectivity index (χ2v) is 7.29. The van der Waals surface area contributed by atoms with Crippen molar-refractivity contribution in [2.24, 2.45) is 0 Å². The van der Waals surface area contributed by atoms with Gasteiger partial charge in [0.25, 0.3) is 0 Å². The molecule has 1 N–H and O–H groups in total. The monoisotopic (exact) mass is 355 g/mol. The summed E-state index contributed by atoms with van der Waals surface area (Å²) in [6.07, 6.45) is 1.22. The van der Waals surface area contributed by atoms with Crippen molar-refractivity contribution < 1.29 is 18.0 Å². The van der Waals surface area contributed by atoms with E-state index in [0.29, 0.717) is 24.5 Å². The standard InChI is InChI=1S/C16H25N3O4S/c1-5-18(6-2)16(21)11-12-19(24(4,22)23)15-9-7-14(8-10-15)17-13(3)20/h7-10H,5-6,11-12H2,1-4H3,(H,17,20). The van der Waals surface area contributed by atoms with Gasteiger partial charge < -0.3 is 10.2 Å². The molecule has 0 bridgehead atoms. The van der Waals surface area contributed by atoms with Crippen LogP contribution in [0.3, 0.4) is 0 Å². The molecule has 8 heteroatoms. The Balaban J connectivity index is 2.91. The zero-order chi connectivity index (χ0) is 18.3. The predicted octanol–water partition coefficient (Wildman–Crippen LogP) is 1.67. The lowest BCUT2D eigenvalue weighted by Gasteiger charge is -2.24. The van der Waals surface area contributed by atoms with Crippen molar-refractivity contribution in [2.45, 2.75) is 27.2 Å². The number of benzene rings is 1. The van der Waals surface area contributed by atoms with E-state index in [-0.39, 0.29) is 24.8 Å². The smallest absolute Gasteiger partial charge is 0.232 e. The first-order valence-electron chi connectivity index (χ1n) is 7.82. The zero-order valence-corrected chi connectivity index (χ0v) is 15.4. The third-order valence-corrected chi connectivity index (χ3v) is 4.71. The molecule has 1 aromatic rings. The third-order valence-electron chi connectivity index (χ3n) is 3.52. The molecule has 2 amide bonds. The fraction of sp³-hybridized carbons (Fsp3) is 0.500. The number of amides is 2. The summed E-state index contributed by atoms with van der Waals surface area (Å²) in [6, 6.07) is 6.46. The fourth-order valence-electron chi connectivity index (χ4n) is 2.33. The molecule has 0 heterocycles. The highest BCUT2D eigenvalue weighted by Crippen LogP contribution is 2.21. The second kappa shape index (κ2) is 8.68. The van der Waals surface area contributed by atoms with E-state index >= 15 is 0 Å². The molecule has 0 unspecified atom stereocenters. The quantitative estimate of drug-likeness (QED) is 0.768. The topological polar surface area (TPSA) is 86.8 Å². The van der Waals surface area contributed by atoms with E-state index < -0.39 is 10.0 Å². The number of carbonyl (C=O) groups is 2. The van der Waals surface area contributed by atoms with Gasteiger partial charge in [-0.25, -0.2) is 8.42 Å². The highest BCUT2D eigenvalue weighted by molar-refractivity contribution is 7.92. The molecule has 0 spiro atoms. The Morgan fingerprint density at radius 1 is 1.08 bits per heavy atom. The van der Waals surface area contributed by atoms with Crippen LogP contribution in [0.1, 0.15) is 27.2 Å². The molecule has 1 aromatic carbocycles. The maximum absolute atomic E-state index is 12.1. The molecule has 0 saturated heterocycles. The summed E-state index contributed by atoms with van der Waals surface area (Å²) in [6.45, 7) is 6.44. The number of nitrogens with one attached hydrogen (secondary N) is 1. The lowest BCUT2D eigenvalue weighted by molar-refractivity contribution is -0.130. The molecule has 0 radical (unpaired) electrons. The van der Waals surface area contributed by atoms with E-state index in [1.54, 1.807) is 29.2 Å². The number of hydrogen-bond acceptors (Lipinski definition) is 4. The van der Waals surface area contributed by atoms with E-state index in [2.05, 4.69) is 5.32 Å². The van der Waals surface area contributed by atoms with Crippen molar-refractivity contribution in [3.63, 3.8) is 0 Å². The lowest BCUT2D eigenvalue weighted by atomic mass is 10.2. The average Bonchev–Trinajstić information content (AvgIpc) is 2.48. The first kappa shape index (κ1) is 20.0. The summed E-state index contributed by atoms with van der Waals surface area (Å²) < 4.78 is 25.3. The normalized spacial score (nSPS) is 11.0. The molecule has 1 rings (SSSR count). The van der Waals surface area contributed by atoms with Crippen LogP contribution >= 0.6 is 0 Å². The Labute approximate surface area is 143 Å².